The summed E-state index contributed by atoms with van der Waals surface area (Å²) in [4.78, 5) is 0.267. The minimum Gasteiger partial charge on any atom is -0.387 e. The van der Waals surface area contributed by atoms with Crippen LogP contribution in [0.5, 0.6) is 0 Å². The molecule has 0 spiro atoms. The van der Waals surface area contributed by atoms with Crippen LogP contribution < -0.4 is 5.32 Å². The van der Waals surface area contributed by atoms with Crippen molar-refractivity contribution in [3.63, 3.8) is 0 Å². The van der Waals surface area contributed by atoms with E-state index in [1.807, 2.05) is 0 Å². The standard InChI is InChI=1S/C10H15NO3S/c1-11-7-10(12)8-3-5-9(6-4-8)15(2,13)14/h3-6,10-12H,7H2,1-2H3. The predicted molar refractivity (Wildman–Crippen MR) is 58.4 cm³/mol. The van der Waals surface area contributed by atoms with Gasteiger partial charge in [0.05, 0.1) is 11.0 Å². The van der Waals surface area contributed by atoms with Crippen LogP contribution in [0, 0.1) is 0 Å². The van der Waals surface area contributed by atoms with Crippen molar-refractivity contribution in [3.05, 3.63) is 29.8 Å². The van der Waals surface area contributed by atoms with Crippen LogP contribution >= 0.6 is 0 Å². The molecule has 0 aliphatic rings. The van der Waals surface area contributed by atoms with Gasteiger partial charge in [-0.1, -0.05) is 12.1 Å². The molecule has 0 aromatic heterocycles. The normalized spacial score (nSPS) is 13.8. The fourth-order valence-corrected chi connectivity index (χ4v) is 1.88. The number of likely N-dealkylation sites (N-methyl/N-ethyl adjacent to an activating group) is 1. The number of rotatable bonds is 4. The van der Waals surface area contributed by atoms with E-state index >= 15 is 0 Å². The highest BCUT2D eigenvalue weighted by molar-refractivity contribution is 7.90. The average molecular weight is 229 g/mol. The summed E-state index contributed by atoms with van der Waals surface area (Å²) in [5, 5.41) is 12.4. The number of aliphatic hydroxyl groups is 1. The molecule has 0 amide bonds. The Kier molecular flexibility index (Phi) is 3.84. The van der Waals surface area contributed by atoms with Gasteiger partial charge in [0.25, 0.3) is 0 Å². The predicted octanol–water partition coefficient (Wildman–Crippen LogP) is 0.343. The highest BCUT2D eigenvalue weighted by Crippen LogP contribution is 2.15. The molecule has 84 valence electrons. The van der Waals surface area contributed by atoms with Gasteiger partial charge in [-0.3, -0.25) is 0 Å². The lowest BCUT2D eigenvalue weighted by Crippen LogP contribution is -2.16. The van der Waals surface area contributed by atoms with Gasteiger partial charge in [0.1, 0.15) is 0 Å². The quantitative estimate of drug-likeness (QED) is 0.781. The third-order valence-corrected chi connectivity index (χ3v) is 3.22. The third-order valence-electron chi connectivity index (χ3n) is 2.09. The maximum Gasteiger partial charge on any atom is 0.175 e. The molecular weight excluding hydrogens is 214 g/mol. The van der Waals surface area contributed by atoms with Crippen molar-refractivity contribution in [2.45, 2.75) is 11.0 Å². The Labute approximate surface area is 89.9 Å². The molecule has 5 heteroatoms. The van der Waals surface area contributed by atoms with E-state index in [4.69, 9.17) is 0 Å². The molecule has 0 aliphatic carbocycles. The van der Waals surface area contributed by atoms with Gasteiger partial charge in [0.15, 0.2) is 9.84 Å². The van der Waals surface area contributed by atoms with Crippen molar-refractivity contribution in [3.8, 4) is 0 Å². The van der Waals surface area contributed by atoms with E-state index in [9.17, 15) is 13.5 Å². The molecule has 0 saturated carbocycles. The second-order valence-electron chi connectivity index (χ2n) is 3.41. The van der Waals surface area contributed by atoms with Gasteiger partial charge in [-0.25, -0.2) is 8.42 Å². The first-order valence-corrected chi connectivity index (χ1v) is 6.47. The lowest BCUT2D eigenvalue weighted by molar-refractivity contribution is 0.177. The summed E-state index contributed by atoms with van der Waals surface area (Å²) < 4.78 is 22.3. The Morgan fingerprint density at radius 2 is 1.87 bits per heavy atom. The van der Waals surface area contributed by atoms with Crippen molar-refractivity contribution >= 4 is 9.84 Å². The number of hydrogen-bond acceptors (Lipinski definition) is 4. The second-order valence-corrected chi connectivity index (χ2v) is 5.43. The molecule has 1 rings (SSSR count). The van der Waals surface area contributed by atoms with Crippen LogP contribution in [0.2, 0.25) is 0 Å². The molecule has 0 aliphatic heterocycles. The van der Waals surface area contributed by atoms with Gasteiger partial charge in [-0.2, -0.15) is 0 Å². The van der Waals surface area contributed by atoms with Crippen LogP contribution in [0.15, 0.2) is 29.2 Å². The summed E-state index contributed by atoms with van der Waals surface area (Å²) in [6.07, 6.45) is 0.551. The highest BCUT2D eigenvalue weighted by Gasteiger charge is 2.09. The first-order valence-electron chi connectivity index (χ1n) is 4.58. The average Bonchev–Trinajstić information content (AvgIpc) is 2.17. The zero-order valence-electron chi connectivity index (χ0n) is 8.77. The van der Waals surface area contributed by atoms with E-state index in [2.05, 4.69) is 5.32 Å². The van der Waals surface area contributed by atoms with Crippen LogP contribution in [0.25, 0.3) is 0 Å². The van der Waals surface area contributed by atoms with Crippen molar-refractivity contribution in [2.75, 3.05) is 19.8 Å². The lowest BCUT2D eigenvalue weighted by Gasteiger charge is -2.10. The minimum absolute atomic E-state index is 0.267. The van der Waals surface area contributed by atoms with Crippen LogP contribution in [0.3, 0.4) is 0 Å². The number of aliphatic hydroxyl groups excluding tert-OH is 1. The smallest absolute Gasteiger partial charge is 0.175 e. The Hall–Kier alpha value is -0.910. The summed E-state index contributed by atoms with van der Waals surface area (Å²) in [5.74, 6) is 0. The number of sulfone groups is 1. The fourth-order valence-electron chi connectivity index (χ4n) is 1.25. The summed E-state index contributed by atoms with van der Waals surface area (Å²) >= 11 is 0. The zero-order valence-corrected chi connectivity index (χ0v) is 9.58. The molecule has 1 unspecified atom stereocenters. The number of benzene rings is 1. The summed E-state index contributed by atoms with van der Waals surface area (Å²) in [7, 11) is -1.41. The highest BCUT2D eigenvalue weighted by atomic mass is 32.2. The number of hydrogen-bond donors (Lipinski definition) is 2. The van der Waals surface area contributed by atoms with Crippen molar-refractivity contribution in [1.29, 1.82) is 0 Å². The Morgan fingerprint density at radius 3 is 2.27 bits per heavy atom. The van der Waals surface area contributed by atoms with Crippen molar-refractivity contribution in [1.82, 2.24) is 5.32 Å². The first-order chi connectivity index (χ1) is 6.95. The Balaban J connectivity index is 2.90. The topological polar surface area (TPSA) is 66.4 Å². The molecule has 0 saturated heterocycles. The summed E-state index contributed by atoms with van der Waals surface area (Å²) in [5.41, 5.74) is 0.705. The van der Waals surface area contributed by atoms with E-state index in [0.717, 1.165) is 6.26 Å². The third kappa shape index (κ3) is 3.30. The molecule has 0 radical (unpaired) electrons. The van der Waals surface area contributed by atoms with Crippen LogP contribution in [-0.2, 0) is 9.84 Å². The van der Waals surface area contributed by atoms with Gasteiger partial charge in [0.2, 0.25) is 0 Å². The molecule has 1 atom stereocenters. The SMILES string of the molecule is CNCC(O)c1ccc(S(C)(=O)=O)cc1. The summed E-state index contributed by atoms with van der Waals surface area (Å²) in [6, 6.07) is 6.25. The molecular formula is C10H15NO3S. The maximum absolute atomic E-state index is 11.2. The maximum atomic E-state index is 11.2. The van der Waals surface area contributed by atoms with E-state index in [1.165, 1.54) is 12.1 Å². The molecule has 0 bridgehead atoms. The molecule has 0 heterocycles. The molecule has 1 aromatic rings. The summed E-state index contributed by atoms with van der Waals surface area (Å²) in [6.45, 7) is 0.443. The Morgan fingerprint density at radius 1 is 1.33 bits per heavy atom. The van der Waals surface area contributed by atoms with Crippen molar-refractivity contribution < 1.29 is 13.5 Å². The molecule has 0 fully saturated rings. The first kappa shape index (κ1) is 12.2. The van der Waals surface area contributed by atoms with Crippen molar-refractivity contribution in [2.24, 2.45) is 0 Å². The lowest BCUT2D eigenvalue weighted by atomic mass is 10.1. The van der Waals surface area contributed by atoms with Crippen LogP contribution in [0.4, 0.5) is 0 Å². The van der Waals surface area contributed by atoms with Crippen LogP contribution in [-0.4, -0.2) is 33.4 Å². The van der Waals surface area contributed by atoms with Gasteiger partial charge in [-0.05, 0) is 24.7 Å². The van der Waals surface area contributed by atoms with Gasteiger partial charge in [0, 0.05) is 12.8 Å². The molecule has 4 nitrogen and oxygen atoms in total. The van der Waals surface area contributed by atoms with E-state index in [-0.39, 0.29) is 4.90 Å². The fraction of sp³-hybridized carbons (Fsp3) is 0.400. The second kappa shape index (κ2) is 4.74. The monoisotopic (exact) mass is 229 g/mol. The van der Waals surface area contributed by atoms with E-state index in [1.54, 1.807) is 19.2 Å². The largest absolute Gasteiger partial charge is 0.387 e. The van der Waals surface area contributed by atoms with Gasteiger partial charge >= 0.3 is 0 Å². The minimum atomic E-state index is -3.15. The Bertz CT molecular complexity index is 411. The zero-order chi connectivity index (χ0) is 11.5. The van der Waals surface area contributed by atoms with Gasteiger partial charge < -0.3 is 10.4 Å². The van der Waals surface area contributed by atoms with E-state index < -0.39 is 15.9 Å². The van der Waals surface area contributed by atoms with Gasteiger partial charge in [-0.15, -0.1) is 0 Å². The molecule has 1 aromatic carbocycles. The number of nitrogens with one attached hydrogen (secondary N) is 1. The van der Waals surface area contributed by atoms with Crippen LogP contribution in [0.1, 0.15) is 11.7 Å². The molecule has 2 N–H and O–H groups in total. The molecule has 15 heavy (non-hydrogen) atoms. The van der Waals surface area contributed by atoms with E-state index in [0.29, 0.717) is 12.1 Å².